The molecule has 1 N–H and O–H groups in total. The van der Waals surface area contributed by atoms with Crippen LogP contribution in [0.25, 0.3) is 22.4 Å². The highest BCUT2D eigenvalue weighted by atomic mass is 16.3. The molecule has 0 aliphatic heterocycles. The maximum Gasteiger partial charge on any atom is 0.109 e. The van der Waals surface area contributed by atoms with Gasteiger partial charge in [-0.25, -0.2) is 9.97 Å². The summed E-state index contributed by atoms with van der Waals surface area (Å²) in [5.74, 6) is 0.552. The maximum absolute atomic E-state index is 9.15. The Morgan fingerprint density at radius 2 is 1.81 bits per heavy atom. The van der Waals surface area contributed by atoms with Gasteiger partial charge in [0.2, 0.25) is 0 Å². The number of aromatic nitrogens is 5. The third-order valence-corrected chi connectivity index (χ3v) is 3.56. The average molecular weight is 279 g/mol. The molecule has 6 heteroatoms. The summed E-state index contributed by atoms with van der Waals surface area (Å²) in [5.41, 5.74) is 4.42. The summed E-state index contributed by atoms with van der Waals surface area (Å²) in [5, 5.41) is 9.15. The first-order chi connectivity index (χ1) is 10.3. The normalized spacial score (nSPS) is 14.5. The SMILES string of the molecule is OCc1cc2nc(-c3cncc(C4CC4)n3)cnc2cn1. The Morgan fingerprint density at radius 1 is 0.952 bits per heavy atom. The predicted octanol–water partition coefficient (Wildman–Crippen LogP) is 1.85. The molecule has 6 nitrogen and oxygen atoms in total. The Morgan fingerprint density at radius 3 is 2.62 bits per heavy atom. The largest absolute Gasteiger partial charge is 0.390 e. The molecule has 0 radical (unpaired) electrons. The van der Waals surface area contributed by atoms with Crippen molar-refractivity contribution in [2.24, 2.45) is 0 Å². The van der Waals surface area contributed by atoms with Gasteiger partial charge in [0.25, 0.3) is 0 Å². The van der Waals surface area contributed by atoms with Gasteiger partial charge in [-0.1, -0.05) is 0 Å². The Balaban J connectivity index is 1.80. The van der Waals surface area contributed by atoms with E-state index in [0.717, 1.165) is 11.4 Å². The number of nitrogens with zero attached hydrogens (tertiary/aromatic N) is 5. The van der Waals surface area contributed by atoms with Gasteiger partial charge in [0.1, 0.15) is 16.9 Å². The second-order valence-electron chi connectivity index (χ2n) is 5.18. The minimum absolute atomic E-state index is 0.112. The number of aliphatic hydroxyl groups excluding tert-OH is 1. The van der Waals surface area contributed by atoms with Crippen molar-refractivity contribution in [2.45, 2.75) is 25.4 Å². The van der Waals surface area contributed by atoms with Gasteiger partial charge in [-0.2, -0.15) is 0 Å². The molecule has 0 saturated heterocycles. The molecule has 0 atom stereocenters. The van der Waals surface area contributed by atoms with E-state index in [1.165, 1.54) is 12.8 Å². The number of aliphatic hydroxyl groups is 1. The summed E-state index contributed by atoms with van der Waals surface area (Å²) >= 11 is 0. The molecule has 0 bridgehead atoms. The van der Waals surface area contributed by atoms with Gasteiger partial charge in [-0.15, -0.1) is 0 Å². The van der Waals surface area contributed by atoms with E-state index < -0.39 is 0 Å². The Hall–Kier alpha value is -2.47. The fourth-order valence-corrected chi connectivity index (χ4v) is 2.25. The molecule has 3 heterocycles. The first-order valence-corrected chi connectivity index (χ1v) is 6.88. The number of hydrogen-bond acceptors (Lipinski definition) is 6. The molecule has 0 aromatic carbocycles. The average Bonchev–Trinajstić information content (AvgIpc) is 3.39. The summed E-state index contributed by atoms with van der Waals surface area (Å²) in [6, 6.07) is 1.74. The molecule has 1 saturated carbocycles. The summed E-state index contributed by atoms with van der Waals surface area (Å²) in [6.07, 6.45) is 9.20. The summed E-state index contributed by atoms with van der Waals surface area (Å²) in [4.78, 5) is 21.9. The lowest BCUT2D eigenvalue weighted by atomic mass is 10.2. The highest BCUT2D eigenvalue weighted by molar-refractivity contribution is 5.75. The smallest absolute Gasteiger partial charge is 0.109 e. The molecular weight excluding hydrogens is 266 g/mol. The van der Waals surface area contributed by atoms with Gasteiger partial charge < -0.3 is 5.11 Å². The summed E-state index contributed by atoms with van der Waals surface area (Å²) in [7, 11) is 0. The van der Waals surface area contributed by atoms with Crippen LogP contribution in [-0.2, 0) is 6.61 Å². The fraction of sp³-hybridized carbons (Fsp3) is 0.267. The van der Waals surface area contributed by atoms with Gasteiger partial charge in [0.05, 0.1) is 42.1 Å². The number of hydrogen-bond donors (Lipinski definition) is 1. The third kappa shape index (κ3) is 2.34. The van der Waals surface area contributed by atoms with Gasteiger partial charge in [-0.05, 0) is 18.9 Å². The van der Waals surface area contributed by atoms with E-state index in [0.29, 0.717) is 28.3 Å². The standard InChI is InChI=1S/C15H13N5O/c21-8-10-3-11-13(6-17-10)18-7-15(19-11)14-5-16-4-12(20-14)9-1-2-9/h3-7,9,21H,1-2,8H2. The van der Waals surface area contributed by atoms with Crippen molar-refractivity contribution >= 4 is 11.0 Å². The first-order valence-electron chi connectivity index (χ1n) is 6.88. The van der Waals surface area contributed by atoms with Gasteiger partial charge in [0.15, 0.2) is 0 Å². The lowest BCUT2D eigenvalue weighted by molar-refractivity contribution is 0.277. The molecule has 0 amide bonds. The van der Waals surface area contributed by atoms with E-state index in [4.69, 9.17) is 5.11 Å². The van der Waals surface area contributed by atoms with E-state index >= 15 is 0 Å². The van der Waals surface area contributed by atoms with Crippen molar-refractivity contribution in [1.29, 1.82) is 0 Å². The molecular formula is C15H13N5O. The summed E-state index contributed by atoms with van der Waals surface area (Å²) < 4.78 is 0. The lowest BCUT2D eigenvalue weighted by Crippen LogP contribution is -1.97. The van der Waals surface area contributed by atoms with Crippen LogP contribution in [0, 0.1) is 0 Å². The second kappa shape index (κ2) is 4.82. The van der Waals surface area contributed by atoms with Crippen LogP contribution in [0.4, 0.5) is 0 Å². The van der Waals surface area contributed by atoms with Crippen LogP contribution in [0.1, 0.15) is 30.1 Å². The molecule has 4 rings (SSSR count). The quantitative estimate of drug-likeness (QED) is 0.787. The van der Waals surface area contributed by atoms with Gasteiger partial charge in [-0.3, -0.25) is 15.0 Å². The van der Waals surface area contributed by atoms with Crippen molar-refractivity contribution in [3.63, 3.8) is 0 Å². The number of rotatable bonds is 3. The molecule has 21 heavy (non-hydrogen) atoms. The van der Waals surface area contributed by atoms with E-state index in [2.05, 4.69) is 24.9 Å². The molecule has 1 fully saturated rings. The molecule has 1 aliphatic carbocycles. The van der Waals surface area contributed by atoms with Crippen LogP contribution >= 0.6 is 0 Å². The van der Waals surface area contributed by atoms with Crippen LogP contribution < -0.4 is 0 Å². The highest BCUT2D eigenvalue weighted by Gasteiger charge is 2.25. The Bertz CT molecular complexity index is 816. The van der Waals surface area contributed by atoms with Crippen LogP contribution in [0.2, 0.25) is 0 Å². The molecule has 3 aromatic rings. The van der Waals surface area contributed by atoms with Crippen molar-refractivity contribution in [1.82, 2.24) is 24.9 Å². The van der Waals surface area contributed by atoms with Gasteiger partial charge in [0, 0.05) is 12.1 Å². The number of pyridine rings is 1. The minimum atomic E-state index is -0.112. The number of fused-ring (bicyclic) bond motifs is 1. The Labute approximate surface area is 121 Å². The van der Waals surface area contributed by atoms with E-state index in [-0.39, 0.29) is 6.61 Å². The van der Waals surface area contributed by atoms with Crippen molar-refractivity contribution in [3.8, 4) is 11.4 Å². The molecule has 0 unspecified atom stereocenters. The van der Waals surface area contributed by atoms with Crippen LogP contribution in [0.5, 0.6) is 0 Å². The third-order valence-electron chi connectivity index (χ3n) is 3.56. The highest BCUT2D eigenvalue weighted by Crippen LogP contribution is 2.39. The first kappa shape index (κ1) is 12.3. The zero-order valence-electron chi connectivity index (χ0n) is 11.3. The second-order valence-corrected chi connectivity index (χ2v) is 5.18. The minimum Gasteiger partial charge on any atom is -0.390 e. The summed E-state index contributed by atoms with van der Waals surface area (Å²) in [6.45, 7) is -0.112. The zero-order chi connectivity index (χ0) is 14.2. The monoisotopic (exact) mass is 279 g/mol. The molecule has 0 spiro atoms. The van der Waals surface area contributed by atoms with Crippen LogP contribution in [0.3, 0.4) is 0 Å². The fourth-order valence-electron chi connectivity index (χ4n) is 2.25. The zero-order valence-corrected chi connectivity index (χ0v) is 11.3. The van der Waals surface area contributed by atoms with Crippen molar-refractivity contribution in [2.75, 3.05) is 0 Å². The lowest BCUT2D eigenvalue weighted by Gasteiger charge is -2.04. The topological polar surface area (TPSA) is 84.7 Å². The maximum atomic E-state index is 9.15. The molecule has 3 aromatic heterocycles. The molecule has 104 valence electrons. The van der Waals surface area contributed by atoms with Crippen LogP contribution in [0.15, 0.2) is 30.9 Å². The van der Waals surface area contributed by atoms with Crippen molar-refractivity contribution in [3.05, 3.63) is 42.2 Å². The van der Waals surface area contributed by atoms with E-state index in [9.17, 15) is 0 Å². The van der Waals surface area contributed by atoms with Gasteiger partial charge >= 0.3 is 0 Å². The van der Waals surface area contributed by atoms with Crippen LogP contribution in [-0.4, -0.2) is 30.0 Å². The van der Waals surface area contributed by atoms with E-state index in [1.54, 1.807) is 24.7 Å². The Kier molecular flexibility index (Phi) is 2.82. The van der Waals surface area contributed by atoms with Crippen molar-refractivity contribution < 1.29 is 5.11 Å². The predicted molar refractivity (Wildman–Crippen MR) is 76.3 cm³/mol. The molecule has 1 aliphatic rings. The van der Waals surface area contributed by atoms with E-state index in [1.807, 2.05) is 6.20 Å².